The van der Waals surface area contributed by atoms with Gasteiger partial charge in [-0.3, -0.25) is 4.79 Å². The predicted molar refractivity (Wildman–Crippen MR) is 66.4 cm³/mol. The first-order chi connectivity index (χ1) is 8.68. The summed E-state index contributed by atoms with van der Waals surface area (Å²) in [6.45, 7) is 1.24. The average Bonchev–Trinajstić information content (AvgIpc) is 2.41. The van der Waals surface area contributed by atoms with E-state index in [1.807, 2.05) is 18.2 Å². The number of carboxylic acid groups (broad SMARTS) is 1. The Kier molecular flexibility index (Phi) is 3.60. The lowest BCUT2D eigenvalue weighted by molar-refractivity contribution is -0.151. The van der Waals surface area contributed by atoms with Crippen LogP contribution in [0.4, 0.5) is 5.82 Å². The van der Waals surface area contributed by atoms with Gasteiger partial charge in [-0.2, -0.15) is 0 Å². The standard InChI is InChI=1S/C13H16N2O3/c16-10-6-13(12(17)18)4-8-15(9-5-13)11-3-1-2-7-14-11/h1-3,7,10H,4-6,8-9H2,(H,17,18). The highest BCUT2D eigenvalue weighted by Gasteiger charge is 2.41. The molecule has 0 aromatic carbocycles. The largest absolute Gasteiger partial charge is 0.481 e. The lowest BCUT2D eigenvalue weighted by Gasteiger charge is -2.38. The number of carbonyl (C=O) groups excluding carboxylic acids is 1. The number of carboxylic acids is 1. The van der Waals surface area contributed by atoms with Crippen LogP contribution in [0, 0.1) is 5.41 Å². The Morgan fingerprint density at radius 2 is 2.17 bits per heavy atom. The fourth-order valence-corrected chi connectivity index (χ4v) is 2.37. The number of aromatic nitrogens is 1. The van der Waals surface area contributed by atoms with E-state index >= 15 is 0 Å². The normalized spacial score (nSPS) is 18.3. The van der Waals surface area contributed by atoms with Crippen LogP contribution < -0.4 is 4.90 Å². The van der Waals surface area contributed by atoms with Crippen molar-refractivity contribution >= 4 is 18.1 Å². The Morgan fingerprint density at radius 3 is 2.67 bits per heavy atom. The summed E-state index contributed by atoms with van der Waals surface area (Å²) in [5.74, 6) is -0.00198. The minimum absolute atomic E-state index is 0.0956. The molecule has 2 rings (SSSR count). The number of pyridine rings is 1. The molecule has 18 heavy (non-hydrogen) atoms. The van der Waals surface area contributed by atoms with Gasteiger partial charge in [0.15, 0.2) is 0 Å². The molecule has 1 aromatic heterocycles. The second-order valence-electron chi connectivity index (χ2n) is 4.63. The first-order valence-electron chi connectivity index (χ1n) is 6.01. The van der Waals surface area contributed by atoms with Crippen LogP contribution in [0.5, 0.6) is 0 Å². The number of hydrogen-bond donors (Lipinski definition) is 1. The van der Waals surface area contributed by atoms with E-state index in [0.717, 1.165) is 5.82 Å². The lowest BCUT2D eigenvalue weighted by Crippen LogP contribution is -2.45. The molecule has 1 saturated heterocycles. The maximum absolute atomic E-state index is 11.3. The quantitative estimate of drug-likeness (QED) is 0.814. The minimum atomic E-state index is -0.882. The zero-order valence-electron chi connectivity index (χ0n) is 10.1. The highest BCUT2D eigenvalue weighted by Crippen LogP contribution is 2.35. The maximum Gasteiger partial charge on any atom is 0.310 e. The summed E-state index contributed by atoms with van der Waals surface area (Å²) in [4.78, 5) is 28.3. The van der Waals surface area contributed by atoms with Gasteiger partial charge in [0, 0.05) is 25.7 Å². The van der Waals surface area contributed by atoms with Crippen LogP contribution >= 0.6 is 0 Å². The summed E-state index contributed by atoms with van der Waals surface area (Å²) in [6, 6.07) is 5.67. The molecule has 96 valence electrons. The summed E-state index contributed by atoms with van der Waals surface area (Å²) in [6.07, 6.45) is 3.50. The summed E-state index contributed by atoms with van der Waals surface area (Å²) < 4.78 is 0. The molecular weight excluding hydrogens is 232 g/mol. The number of aldehydes is 1. The molecule has 0 aliphatic carbocycles. The first-order valence-corrected chi connectivity index (χ1v) is 6.01. The molecule has 0 bridgehead atoms. The fourth-order valence-electron chi connectivity index (χ4n) is 2.37. The molecule has 5 heteroatoms. The number of anilines is 1. The third kappa shape index (κ3) is 2.34. The molecule has 2 heterocycles. The molecule has 1 aliphatic heterocycles. The van der Waals surface area contributed by atoms with Crippen molar-refractivity contribution in [1.82, 2.24) is 4.98 Å². The summed E-state index contributed by atoms with van der Waals surface area (Å²) in [5, 5.41) is 9.28. The van der Waals surface area contributed by atoms with Crippen molar-refractivity contribution in [2.45, 2.75) is 19.3 Å². The molecule has 1 fully saturated rings. The highest BCUT2D eigenvalue weighted by molar-refractivity contribution is 5.78. The van der Waals surface area contributed by atoms with Crippen LogP contribution in [0.3, 0.4) is 0 Å². The second-order valence-corrected chi connectivity index (χ2v) is 4.63. The van der Waals surface area contributed by atoms with Gasteiger partial charge in [0.25, 0.3) is 0 Å². The van der Waals surface area contributed by atoms with E-state index < -0.39 is 11.4 Å². The van der Waals surface area contributed by atoms with Crippen molar-refractivity contribution in [3.05, 3.63) is 24.4 Å². The molecule has 0 radical (unpaired) electrons. The highest BCUT2D eigenvalue weighted by atomic mass is 16.4. The van der Waals surface area contributed by atoms with Gasteiger partial charge in [0.2, 0.25) is 0 Å². The monoisotopic (exact) mass is 248 g/mol. The zero-order chi connectivity index (χ0) is 13.0. The van der Waals surface area contributed by atoms with Gasteiger partial charge < -0.3 is 14.8 Å². The van der Waals surface area contributed by atoms with Gasteiger partial charge in [-0.25, -0.2) is 4.98 Å². The van der Waals surface area contributed by atoms with Crippen molar-refractivity contribution < 1.29 is 14.7 Å². The van der Waals surface area contributed by atoms with E-state index in [4.69, 9.17) is 0 Å². The predicted octanol–water partition coefficient (Wildman–Crippen LogP) is 1.34. The average molecular weight is 248 g/mol. The Balaban J connectivity index is 2.07. The van der Waals surface area contributed by atoms with Gasteiger partial charge >= 0.3 is 5.97 Å². The Hall–Kier alpha value is -1.91. The topological polar surface area (TPSA) is 70.5 Å². The third-order valence-corrected chi connectivity index (χ3v) is 3.62. The van der Waals surface area contributed by atoms with Crippen molar-refractivity contribution in [2.24, 2.45) is 5.41 Å². The minimum Gasteiger partial charge on any atom is -0.481 e. The van der Waals surface area contributed by atoms with Crippen LogP contribution in [0.25, 0.3) is 0 Å². The lowest BCUT2D eigenvalue weighted by atomic mass is 9.76. The maximum atomic E-state index is 11.3. The number of hydrogen-bond acceptors (Lipinski definition) is 4. The SMILES string of the molecule is O=CCC1(C(=O)O)CCN(c2ccccn2)CC1. The van der Waals surface area contributed by atoms with E-state index in [1.165, 1.54) is 0 Å². The Labute approximate surface area is 105 Å². The van der Waals surface area contributed by atoms with Crippen LogP contribution in [0.15, 0.2) is 24.4 Å². The van der Waals surface area contributed by atoms with Crippen molar-refractivity contribution in [2.75, 3.05) is 18.0 Å². The number of carbonyl (C=O) groups is 2. The van der Waals surface area contributed by atoms with Crippen LogP contribution in [-0.4, -0.2) is 35.4 Å². The van der Waals surface area contributed by atoms with Crippen molar-refractivity contribution in [3.8, 4) is 0 Å². The molecule has 1 aliphatic rings. The van der Waals surface area contributed by atoms with Crippen molar-refractivity contribution in [3.63, 3.8) is 0 Å². The van der Waals surface area contributed by atoms with Gasteiger partial charge in [0.05, 0.1) is 5.41 Å². The number of nitrogens with zero attached hydrogens (tertiary/aromatic N) is 2. The Morgan fingerprint density at radius 1 is 1.44 bits per heavy atom. The fraction of sp³-hybridized carbons (Fsp3) is 0.462. The second kappa shape index (κ2) is 5.16. The van der Waals surface area contributed by atoms with E-state index in [9.17, 15) is 14.7 Å². The van der Waals surface area contributed by atoms with E-state index in [2.05, 4.69) is 9.88 Å². The van der Waals surface area contributed by atoms with Gasteiger partial charge in [-0.1, -0.05) is 6.07 Å². The van der Waals surface area contributed by atoms with Gasteiger partial charge in [-0.15, -0.1) is 0 Å². The molecule has 0 saturated carbocycles. The number of aliphatic carboxylic acids is 1. The first kappa shape index (κ1) is 12.5. The van der Waals surface area contributed by atoms with Gasteiger partial charge in [0.1, 0.15) is 12.1 Å². The Bertz CT molecular complexity index is 425. The molecule has 0 amide bonds. The van der Waals surface area contributed by atoms with Gasteiger partial charge in [-0.05, 0) is 25.0 Å². The third-order valence-electron chi connectivity index (χ3n) is 3.62. The van der Waals surface area contributed by atoms with E-state index in [1.54, 1.807) is 6.20 Å². The van der Waals surface area contributed by atoms with Crippen molar-refractivity contribution in [1.29, 1.82) is 0 Å². The summed E-state index contributed by atoms with van der Waals surface area (Å²) in [7, 11) is 0. The van der Waals surface area contributed by atoms with Crippen LogP contribution in [0.2, 0.25) is 0 Å². The van der Waals surface area contributed by atoms with Crippen LogP contribution in [0.1, 0.15) is 19.3 Å². The van der Waals surface area contributed by atoms with Crippen LogP contribution in [-0.2, 0) is 9.59 Å². The molecule has 0 atom stereocenters. The molecular formula is C13H16N2O3. The molecule has 1 N–H and O–H groups in total. The summed E-state index contributed by atoms with van der Waals surface area (Å²) in [5.41, 5.74) is -0.882. The van der Waals surface area contributed by atoms with E-state index in [0.29, 0.717) is 32.2 Å². The summed E-state index contributed by atoms with van der Waals surface area (Å²) >= 11 is 0. The zero-order valence-corrected chi connectivity index (χ0v) is 10.1. The van der Waals surface area contributed by atoms with E-state index in [-0.39, 0.29) is 6.42 Å². The smallest absolute Gasteiger partial charge is 0.310 e. The molecule has 0 spiro atoms. The number of rotatable bonds is 4. The number of piperidine rings is 1. The molecule has 0 unspecified atom stereocenters. The molecule has 5 nitrogen and oxygen atoms in total. The molecule has 1 aromatic rings.